The van der Waals surface area contributed by atoms with Crippen LogP contribution in [0.1, 0.15) is 33.6 Å². The van der Waals surface area contributed by atoms with Crippen molar-refractivity contribution in [2.75, 3.05) is 0 Å². The second-order valence-electron chi connectivity index (χ2n) is 4.68. The summed E-state index contributed by atoms with van der Waals surface area (Å²) >= 11 is 0. The van der Waals surface area contributed by atoms with Crippen molar-refractivity contribution in [3.63, 3.8) is 0 Å². The highest BCUT2D eigenvalue weighted by Crippen LogP contribution is 2.63. The third-order valence-electron chi connectivity index (χ3n) is 3.44. The molecule has 3 unspecified atom stereocenters. The lowest BCUT2D eigenvalue weighted by atomic mass is 9.83. The van der Waals surface area contributed by atoms with Crippen LogP contribution < -0.4 is 0 Å². The third kappa shape index (κ3) is 1.37. The first kappa shape index (κ1) is 13.6. The van der Waals surface area contributed by atoms with Crippen LogP contribution in [0, 0.1) is 5.92 Å². The van der Waals surface area contributed by atoms with Crippen LogP contribution in [-0.4, -0.2) is 23.2 Å². The van der Waals surface area contributed by atoms with Crippen molar-refractivity contribution in [1.29, 1.82) is 0 Å². The molecule has 0 aliphatic heterocycles. The number of hydrogen-bond acceptors (Lipinski definition) is 0. The Bertz CT molecular complexity index is 280. The molecule has 1 saturated carbocycles. The second-order valence-corrected chi connectivity index (χ2v) is 4.68. The van der Waals surface area contributed by atoms with Crippen LogP contribution in [-0.2, 0) is 0 Å². The smallest absolute Gasteiger partial charge is 0.237 e. The fraction of sp³-hybridized carbons (Fsp3) is 1.00. The van der Waals surface area contributed by atoms with Crippen molar-refractivity contribution in [2.24, 2.45) is 5.92 Å². The number of halogens is 6. The van der Waals surface area contributed by atoms with E-state index in [1.54, 1.807) is 0 Å². The topological polar surface area (TPSA) is 0 Å². The summed E-state index contributed by atoms with van der Waals surface area (Å²) in [4.78, 5) is 0. The van der Waals surface area contributed by atoms with Crippen LogP contribution in [0.25, 0.3) is 0 Å². The fourth-order valence-electron chi connectivity index (χ4n) is 2.43. The summed E-state index contributed by atoms with van der Waals surface area (Å²) in [7, 11) is 0. The van der Waals surface area contributed by atoms with Crippen molar-refractivity contribution >= 4 is 0 Å². The maximum atomic E-state index is 14.0. The number of hydrogen-bond donors (Lipinski definition) is 0. The van der Waals surface area contributed by atoms with Crippen molar-refractivity contribution in [3.05, 3.63) is 0 Å². The van der Waals surface area contributed by atoms with Gasteiger partial charge in [-0.3, -0.25) is 0 Å². The van der Waals surface area contributed by atoms with Gasteiger partial charge < -0.3 is 0 Å². The van der Waals surface area contributed by atoms with Gasteiger partial charge in [0.05, 0.1) is 0 Å². The largest absolute Gasteiger partial charge is 0.320 e. The van der Waals surface area contributed by atoms with Crippen molar-refractivity contribution in [3.8, 4) is 0 Å². The molecule has 0 bridgehead atoms. The molecule has 0 nitrogen and oxygen atoms in total. The molecule has 6 heteroatoms. The number of alkyl halides is 6. The molecular weight excluding hydrogens is 234 g/mol. The first-order valence-electron chi connectivity index (χ1n) is 5.05. The standard InChI is InChI=1S/C10H14F6/c1-4-6-5-7(2,11)10(15,16)9(6,14)8(3,12)13/h6H,4-5H2,1-3H3. The first-order valence-corrected chi connectivity index (χ1v) is 5.05. The van der Waals surface area contributed by atoms with Gasteiger partial charge in [-0.05, 0) is 19.8 Å². The lowest BCUT2D eigenvalue weighted by Crippen LogP contribution is -2.60. The molecule has 3 atom stereocenters. The van der Waals surface area contributed by atoms with E-state index in [0.717, 1.165) is 0 Å². The van der Waals surface area contributed by atoms with Gasteiger partial charge >= 0.3 is 5.92 Å². The molecule has 1 aliphatic carbocycles. The SMILES string of the molecule is CCC1CC(C)(F)C(F)(F)C1(F)C(C)(F)F. The van der Waals surface area contributed by atoms with Crippen molar-refractivity contribution in [2.45, 2.75) is 56.8 Å². The highest BCUT2D eigenvalue weighted by Gasteiger charge is 2.81. The molecular formula is C10H14F6. The normalized spacial score (nSPS) is 43.7. The average Bonchev–Trinajstić information content (AvgIpc) is 2.23. The van der Waals surface area contributed by atoms with Gasteiger partial charge in [0, 0.05) is 12.8 Å². The Kier molecular flexibility index (Phi) is 2.81. The predicted molar refractivity (Wildman–Crippen MR) is 47.3 cm³/mol. The summed E-state index contributed by atoms with van der Waals surface area (Å²) in [5, 5.41) is 0. The van der Waals surface area contributed by atoms with Gasteiger partial charge in [0.1, 0.15) is 0 Å². The molecule has 0 radical (unpaired) electrons. The summed E-state index contributed by atoms with van der Waals surface area (Å²) in [6, 6.07) is 0. The minimum atomic E-state index is -4.68. The van der Waals surface area contributed by atoms with Crippen LogP contribution in [0.15, 0.2) is 0 Å². The summed E-state index contributed by atoms with van der Waals surface area (Å²) in [6.07, 6.45) is -1.15. The highest BCUT2D eigenvalue weighted by molar-refractivity contribution is 5.19. The Morgan fingerprint density at radius 2 is 1.62 bits per heavy atom. The van der Waals surface area contributed by atoms with E-state index in [1.165, 1.54) is 6.92 Å². The Morgan fingerprint density at radius 1 is 1.19 bits per heavy atom. The lowest BCUT2D eigenvalue weighted by Gasteiger charge is -2.37. The van der Waals surface area contributed by atoms with Crippen LogP contribution in [0.3, 0.4) is 0 Å². The molecule has 16 heavy (non-hydrogen) atoms. The van der Waals surface area contributed by atoms with E-state index in [4.69, 9.17) is 0 Å². The van der Waals surface area contributed by atoms with Gasteiger partial charge in [-0.2, -0.15) is 8.78 Å². The first-order chi connectivity index (χ1) is 6.92. The summed E-state index contributed by atoms with van der Waals surface area (Å²) in [5.74, 6) is -10.6. The Hall–Kier alpha value is -0.420. The van der Waals surface area contributed by atoms with Crippen LogP contribution in [0.5, 0.6) is 0 Å². The minimum absolute atomic E-state index is 0.0744. The molecule has 0 saturated heterocycles. The summed E-state index contributed by atoms with van der Waals surface area (Å²) in [5.41, 5.74) is -7.35. The molecule has 1 aliphatic rings. The molecule has 1 fully saturated rings. The zero-order valence-electron chi connectivity index (χ0n) is 9.26. The molecule has 1 rings (SSSR count). The van der Waals surface area contributed by atoms with E-state index < -0.39 is 35.5 Å². The maximum Gasteiger partial charge on any atom is 0.320 e. The van der Waals surface area contributed by atoms with Gasteiger partial charge in [0.15, 0.2) is 5.67 Å². The molecule has 0 aromatic rings. The molecule has 0 amide bonds. The Balaban J connectivity index is 3.34. The fourth-order valence-corrected chi connectivity index (χ4v) is 2.43. The molecule has 0 aromatic carbocycles. The molecule has 0 heterocycles. The Labute approximate surface area is 90.0 Å². The molecule has 96 valence electrons. The van der Waals surface area contributed by atoms with E-state index in [1.807, 2.05) is 0 Å². The second kappa shape index (κ2) is 3.29. The van der Waals surface area contributed by atoms with E-state index in [9.17, 15) is 26.3 Å². The lowest BCUT2D eigenvalue weighted by molar-refractivity contribution is -0.265. The van der Waals surface area contributed by atoms with Gasteiger partial charge in [-0.15, -0.1) is 0 Å². The van der Waals surface area contributed by atoms with E-state index >= 15 is 0 Å². The van der Waals surface area contributed by atoms with Crippen LogP contribution in [0.4, 0.5) is 26.3 Å². The van der Waals surface area contributed by atoms with Crippen LogP contribution in [0.2, 0.25) is 0 Å². The minimum Gasteiger partial charge on any atom is -0.237 e. The summed E-state index contributed by atoms with van der Waals surface area (Å²) < 4.78 is 80.6. The zero-order valence-corrected chi connectivity index (χ0v) is 9.26. The van der Waals surface area contributed by atoms with Gasteiger partial charge in [-0.1, -0.05) is 6.92 Å². The van der Waals surface area contributed by atoms with E-state index in [2.05, 4.69) is 0 Å². The monoisotopic (exact) mass is 248 g/mol. The van der Waals surface area contributed by atoms with Gasteiger partial charge in [0.25, 0.3) is 5.92 Å². The van der Waals surface area contributed by atoms with Crippen LogP contribution >= 0.6 is 0 Å². The maximum absolute atomic E-state index is 14.0. The van der Waals surface area contributed by atoms with Crippen molar-refractivity contribution in [1.82, 2.24) is 0 Å². The Morgan fingerprint density at radius 3 is 1.88 bits per heavy atom. The van der Waals surface area contributed by atoms with Gasteiger partial charge in [0.2, 0.25) is 5.67 Å². The summed E-state index contributed by atoms with van der Waals surface area (Å²) in [6.45, 7) is 1.84. The van der Waals surface area contributed by atoms with Crippen molar-refractivity contribution < 1.29 is 26.3 Å². The molecule has 0 spiro atoms. The van der Waals surface area contributed by atoms with E-state index in [-0.39, 0.29) is 13.3 Å². The number of rotatable bonds is 2. The third-order valence-corrected chi connectivity index (χ3v) is 3.44. The highest BCUT2D eigenvalue weighted by atomic mass is 19.3. The molecule has 0 N–H and O–H groups in total. The molecule has 0 aromatic heterocycles. The average molecular weight is 248 g/mol. The quantitative estimate of drug-likeness (QED) is 0.644. The zero-order chi connectivity index (χ0) is 13.0. The predicted octanol–water partition coefficient (Wildman–Crippen LogP) is 4.14. The van der Waals surface area contributed by atoms with Gasteiger partial charge in [-0.25, -0.2) is 17.6 Å². The van der Waals surface area contributed by atoms with E-state index in [0.29, 0.717) is 6.92 Å².